The lowest BCUT2D eigenvalue weighted by Crippen LogP contribution is -2.01. The molecule has 2 aromatic rings. The van der Waals surface area contributed by atoms with E-state index in [2.05, 4.69) is 24.9 Å². The van der Waals surface area contributed by atoms with Crippen molar-refractivity contribution in [3.05, 3.63) is 28.1 Å². The molecule has 0 amide bonds. The zero-order valence-electron chi connectivity index (χ0n) is 7.94. The van der Waals surface area contributed by atoms with Gasteiger partial charge in [-0.05, 0) is 18.5 Å². The molecule has 0 aliphatic rings. The highest BCUT2D eigenvalue weighted by Gasteiger charge is 2.03. The van der Waals surface area contributed by atoms with Gasteiger partial charge in [-0.3, -0.25) is 4.98 Å². The number of anilines is 1. The van der Waals surface area contributed by atoms with Crippen molar-refractivity contribution >= 4 is 29.0 Å². The predicted molar refractivity (Wildman–Crippen MR) is 59.0 cm³/mol. The zero-order chi connectivity index (χ0) is 10.7. The van der Waals surface area contributed by atoms with Crippen LogP contribution >= 0.6 is 23.1 Å². The summed E-state index contributed by atoms with van der Waals surface area (Å²) in [6.07, 6.45) is 3.11. The number of aryl methyl sites for hydroxylation is 1. The van der Waals surface area contributed by atoms with Crippen LogP contribution in [0.25, 0.3) is 0 Å². The van der Waals surface area contributed by atoms with Gasteiger partial charge in [0.2, 0.25) is 0 Å². The van der Waals surface area contributed by atoms with E-state index in [1.807, 2.05) is 6.92 Å². The van der Waals surface area contributed by atoms with Gasteiger partial charge in [-0.1, -0.05) is 16.1 Å². The molecule has 5 nitrogen and oxygen atoms in total. The Morgan fingerprint density at radius 1 is 1.47 bits per heavy atom. The van der Waals surface area contributed by atoms with E-state index < -0.39 is 0 Å². The van der Waals surface area contributed by atoms with Crippen molar-refractivity contribution in [2.24, 2.45) is 0 Å². The van der Waals surface area contributed by atoms with Crippen molar-refractivity contribution in [1.29, 1.82) is 0 Å². The molecule has 0 aliphatic heterocycles. The molecular weight excluding hydrogens is 234 g/mol. The Bertz CT molecular complexity index is 458. The maximum atomic E-state index is 5.70. The molecular formula is C8H8ClN5S. The van der Waals surface area contributed by atoms with Crippen LogP contribution in [0.3, 0.4) is 0 Å². The van der Waals surface area contributed by atoms with Crippen molar-refractivity contribution in [1.82, 2.24) is 19.6 Å². The minimum atomic E-state index is 0.374. The molecule has 0 aliphatic carbocycles. The summed E-state index contributed by atoms with van der Waals surface area (Å²) in [4.78, 5) is 9.06. The van der Waals surface area contributed by atoms with Gasteiger partial charge in [-0.2, -0.15) is 0 Å². The molecule has 15 heavy (non-hydrogen) atoms. The summed E-state index contributed by atoms with van der Waals surface area (Å²) in [5, 5.41) is 7.39. The number of hydrogen-bond acceptors (Lipinski definition) is 6. The average Bonchev–Trinajstić information content (AvgIpc) is 2.61. The minimum Gasteiger partial charge on any atom is -0.364 e. The molecule has 78 valence electrons. The van der Waals surface area contributed by atoms with Gasteiger partial charge in [0.1, 0.15) is 11.0 Å². The molecule has 0 aromatic carbocycles. The van der Waals surface area contributed by atoms with Crippen LogP contribution in [0.2, 0.25) is 5.15 Å². The lowest BCUT2D eigenvalue weighted by molar-refractivity contribution is 1.04. The molecule has 0 spiro atoms. The molecule has 1 N–H and O–H groups in total. The lowest BCUT2D eigenvalue weighted by Gasteiger charge is -2.02. The normalized spacial score (nSPS) is 10.3. The van der Waals surface area contributed by atoms with Crippen molar-refractivity contribution in [2.75, 3.05) is 5.32 Å². The Labute approximate surface area is 95.7 Å². The first-order valence-corrected chi connectivity index (χ1v) is 5.40. The van der Waals surface area contributed by atoms with E-state index in [-0.39, 0.29) is 0 Å². The summed E-state index contributed by atoms with van der Waals surface area (Å²) < 4.78 is 3.84. The predicted octanol–water partition coefficient (Wildman–Crippen LogP) is 1.90. The smallest absolute Gasteiger partial charge is 0.149 e. The molecule has 0 atom stereocenters. The fraction of sp³-hybridized carbons (Fsp3) is 0.250. The van der Waals surface area contributed by atoms with Crippen LogP contribution in [0.5, 0.6) is 0 Å². The highest BCUT2D eigenvalue weighted by Crippen LogP contribution is 2.12. The van der Waals surface area contributed by atoms with E-state index in [9.17, 15) is 0 Å². The number of rotatable bonds is 3. The molecule has 0 saturated carbocycles. The molecule has 2 rings (SSSR count). The SMILES string of the molecule is Cc1nnsc1CNc1cncc(Cl)n1. The molecule has 0 fully saturated rings. The van der Waals surface area contributed by atoms with Crippen molar-refractivity contribution in [2.45, 2.75) is 13.5 Å². The van der Waals surface area contributed by atoms with Gasteiger partial charge in [0.05, 0.1) is 29.5 Å². The summed E-state index contributed by atoms with van der Waals surface area (Å²) in [6, 6.07) is 0. The number of nitrogens with one attached hydrogen (secondary N) is 1. The first-order chi connectivity index (χ1) is 7.25. The summed E-state index contributed by atoms with van der Waals surface area (Å²) in [5.41, 5.74) is 0.933. The van der Waals surface area contributed by atoms with E-state index in [1.165, 1.54) is 17.7 Å². The van der Waals surface area contributed by atoms with Gasteiger partial charge in [-0.25, -0.2) is 4.98 Å². The van der Waals surface area contributed by atoms with Crippen LogP contribution in [0, 0.1) is 6.92 Å². The van der Waals surface area contributed by atoms with Crippen LogP contribution in [0.15, 0.2) is 12.4 Å². The van der Waals surface area contributed by atoms with Gasteiger partial charge in [0.25, 0.3) is 0 Å². The molecule has 0 unspecified atom stereocenters. The third kappa shape index (κ3) is 2.60. The van der Waals surface area contributed by atoms with Crippen LogP contribution in [-0.4, -0.2) is 19.6 Å². The quantitative estimate of drug-likeness (QED) is 0.889. The third-order valence-corrected chi connectivity index (χ3v) is 2.79. The highest BCUT2D eigenvalue weighted by molar-refractivity contribution is 7.05. The van der Waals surface area contributed by atoms with Gasteiger partial charge in [0.15, 0.2) is 0 Å². The number of aromatic nitrogens is 4. The van der Waals surface area contributed by atoms with Crippen LogP contribution in [0.1, 0.15) is 10.6 Å². The molecule has 0 saturated heterocycles. The summed E-state index contributed by atoms with van der Waals surface area (Å²) in [6.45, 7) is 2.56. The van der Waals surface area contributed by atoms with Crippen molar-refractivity contribution in [3.63, 3.8) is 0 Å². The highest BCUT2D eigenvalue weighted by atomic mass is 35.5. The summed E-state index contributed by atoms with van der Waals surface area (Å²) in [5.74, 6) is 0.648. The van der Waals surface area contributed by atoms with Crippen LogP contribution in [-0.2, 0) is 6.54 Å². The third-order valence-electron chi connectivity index (χ3n) is 1.78. The molecule has 0 bridgehead atoms. The maximum Gasteiger partial charge on any atom is 0.149 e. The Morgan fingerprint density at radius 3 is 3.00 bits per heavy atom. The summed E-state index contributed by atoms with van der Waals surface area (Å²) in [7, 11) is 0. The van der Waals surface area contributed by atoms with Gasteiger partial charge >= 0.3 is 0 Å². The minimum absolute atomic E-state index is 0.374. The molecule has 0 radical (unpaired) electrons. The average molecular weight is 242 g/mol. The molecule has 2 aromatic heterocycles. The number of nitrogens with zero attached hydrogens (tertiary/aromatic N) is 4. The molecule has 7 heteroatoms. The first kappa shape index (κ1) is 10.3. The fourth-order valence-electron chi connectivity index (χ4n) is 1.01. The van der Waals surface area contributed by atoms with E-state index in [0.717, 1.165) is 10.6 Å². The second kappa shape index (κ2) is 4.50. The van der Waals surface area contributed by atoms with Gasteiger partial charge in [0, 0.05) is 0 Å². The summed E-state index contributed by atoms with van der Waals surface area (Å²) >= 11 is 7.07. The Balaban J connectivity index is 2.02. The Hall–Kier alpha value is -1.27. The van der Waals surface area contributed by atoms with Crippen molar-refractivity contribution in [3.8, 4) is 0 Å². The lowest BCUT2D eigenvalue weighted by atomic mass is 10.4. The second-order valence-electron chi connectivity index (χ2n) is 2.86. The number of halogens is 1. The van der Waals surface area contributed by atoms with Gasteiger partial charge in [-0.15, -0.1) is 5.10 Å². The van der Waals surface area contributed by atoms with E-state index in [0.29, 0.717) is 17.5 Å². The Kier molecular flexibility index (Phi) is 3.08. The monoisotopic (exact) mass is 241 g/mol. The standard InChI is InChI=1S/C8H8ClN5S/c1-5-6(15-14-13-5)2-11-8-4-10-3-7(9)12-8/h3-4H,2H2,1H3,(H,11,12). The first-order valence-electron chi connectivity index (χ1n) is 4.25. The van der Waals surface area contributed by atoms with E-state index >= 15 is 0 Å². The van der Waals surface area contributed by atoms with Crippen LogP contribution in [0.4, 0.5) is 5.82 Å². The molecule has 2 heterocycles. The van der Waals surface area contributed by atoms with Gasteiger partial charge < -0.3 is 5.32 Å². The second-order valence-corrected chi connectivity index (χ2v) is 4.09. The zero-order valence-corrected chi connectivity index (χ0v) is 9.51. The largest absolute Gasteiger partial charge is 0.364 e. The fourth-order valence-corrected chi connectivity index (χ4v) is 1.73. The number of hydrogen-bond donors (Lipinski definition) is 1. The maximum absolute atomic E-state index is 5.70. The van der Waals surface area contributed by atoms with Crippen molar-refractivity contribution < 1.29 is 0 Å². The van der Waals surface area contributed by atoms with Crippen LogP contribution < -0.4 is 5.32 Å². The van der Waals surface area contributed by atoms with E-state index in [4.69, 9.17) is 11.6 Å². The Morgan fingerprint density at radius 2 is 2.33 bits per heavy atom. The van der Waals surface area contributed by atoms with E-state index in [1.54, 1.807) is 6.20 Å². The topological polar surface area (TPSA) is 63.6 Å².